The second kappa shape index (κ2) is 8.57. The molecule has 0 spiro atoms. The van der Waals surface area contributed by atoms with Crippen molar-refractivity contribution in [3.05, 3.63) is 69.7 Å². The SMILES string of the molecule is CC(C)(C)c1ccc(CN2CCCN(C(=O)c3cccc(Br)c3)CC2)cc1. The minimum atomic E-state index is 0.132. The van der Waals surface area contributed by atoms with Gasteiger partial charge in [0.25, 0.3) is 5.91 Å². The maximum absolute atomic E-state index is 12.8. The Morgan fingerprint density at radius 1 is 1.00 bits per heavy atom. The van der Waals surface area contributed by atoms with E-state index in [4.69, 9.17) is 0 Å². The molecule has 0 unspecified atom stereocenters. The molecule has 2 aromatic rings. The molecule has 1 amide bonds. The van der Waals surface area contributed by atoms with Gasteiger partial charge in [-0.2, -0.15) is 0 Å². The van der Waals surface area contributed by atoms with Gasteiger partial charge in [-0.25, -0.2) is 0 Å². The molecule has 3 rings (SSSR count). The Balaban J connectivity index is 1.59. The number of hydrogen-bond acceptors (Lipinski definition) is 2. The van der Waals surface area contributed by atoms with Crippen molar-refractivity contribution in [1.82, 2.24) is 9.80 Å². The molecule has 0 radical (unpaired) electrons. The van der Waals surface area contributed by atoms with Crippen LogP contribution in [0, 0.1) is 0 Å². The molecule has 1 aliphatic rings. The van der Waals surface area contributed by atoms with E-state index < -0.39 is 0 Å². The second-order valence-corrected chi connectivity index (χ2v) is 9.29. The summed E-state index contributed by atoms with van der Waals surface area (Å²) in [6.45, 7) is 11.2. The predicted octanol–water partition coefficient (Wildman–Crippen LogP) is 5.09. The summed E-state index contributed by atoms with van der Waals surface area (Å²) in [5.41, 5.74) is 3.66. The molecule has 1 saturated heterocycles. The van der Waals surface area contributed by atoms with Crippen LogP contribution < -0.4 is 0 Å². The van der Waals surface area contributed by atoms with E-state index in [9.17, 15) is 4.79 Å². The Bertz CT molecular complexity index is 780. The summed E-state index contributed by atoms with van der Waals surface area (Å²) < 4.78 is 0.948. The fourth-order valence-electron chi connectivity index (χ4n) is 3.50. The summed E-state index contributed by atoms with van der Waals surface area (Å²) in [5.74, 6) is 0.132. The quantitative estimate of drug-likeness (QED) is 0.678. The molecule has 2 aromatic carbocycles. The highest BCUT2D eigenvalue weighted by Gasteiger charge is 2.21. The van der Waals surface area contributed by atoms with Crippen LogP contribution in [0.3, 0.4) is 0 Å². The zero-order valence-corrected chi connectivity index (χ0v) is 18.1. The number of carbonyl (C=O) groups excluding carboxylic acids is 1. The van der Waals surface area contributed by atoms with E-state index in [2.05, 4.69) is 65.9 Å². The van der Waals surface area contributed by atoms with Gasteiger partial charge in [-0.3, -0.25) is 9.69 Å². The molecule has 4 heteroatoms. The van der Waals surface area contributed by atoms with Crippen LogP contribution in [0.1, 0.15) is 48.7 Å². The van der Waals surface area contributed by atoms with Gasteiger partial charge in [0.2, 0.25) is 0 Å². The van der Waals surface area contributed by atoms with Gasteiger partial charge in [-0.1, -0.05) is 67.0 Å². The summed E-state index contributed by atoms with van der Waals surface area (Å²) in [7, 11) is 0. The normalized spacial score (nSPS) is 16.2. The Morgan fingerprint density at radius 3 is 2.41 bits per heavy atom. The van der Waals surface area contributed by atoms with Gasteiger partial charge in [-0.15, -0.1) is 0 Å². The van der Waals surface area contributed by atoms with E-state index in [0.717, 1.165) is 49.2 Å². The molecule has 27 heavy (non-hydrogen) atoms. The number of amides is 1. The number of carbonyl (C=O) groups is 1. The Labute approximate surface area is 171 Å². The number of rotatable bonds is 3. The molecule has 0 N–H and O–H groups in total. The lowest BCUT2D eigenvalue weighted by Gasteiger charge is -2.23. The Morgan fingerprint density at radius 2 is 1.74 bits per heavy atom. The molecule has 0 saturated carbocycles. The van der Waals surface area contributed by atoms with Gasteiger partial charge >= 0.3 is 0 Å². The monoisotopic (exact) mass is 428 g/mol. The number of nitrogens with zero attached hydrogens (tertiary/aromatic N) is 2. The summed E-state index contributed by atoms with van der Waals surface area (Å²) >= 11 is 3.45. The van der Waals surface area contributed by atoms with Gasteiger partial charge in [0, 0.05) is 42.8 Å². The first kappa shape index (κ1) is 20.1. The third-order valence-corrected chi connectivity index (χ3v) is 5.67. The molecule has 0 aromatic heterocycles. The largest absolute Gasteiger partial charge is 0.337 e. The summed E-state index contributed by atoms with van der Waals surface area (Å²) in [6.07, 6.45) is 1.01. The van der Waals surface area contributed by atoms with Crippen molar-refractivity contribution in [2.45, 2.75) is 39.2 Å². The van der Waals surface area contributed by atoms with Crippen molar-refractivity contribution < 1.29 is 4.79 Å². The molecule has 144 valence electrons. The summed E-state index contributed by atoms with van der Waals surface area (Å²) in [6, 6.07) is 16.7. The topological polar surface area (TPSA) is 23.6 Å². The molecule has 0 bridgehead atoms. The predicted molar refractivity (Wildman–Crippen MR) is 115 cm³/mol. The molecule has 3 nitrogen and oxygen atoms in total. The highest BCUT2D eigenvalue weighted by molar-refractivity contribution is 9.10. The lowest BCUT2D eigenvalue weighted by Crippen LogP contribution is -2.35. The zero-order valence-electron chi connectivity index (χ0n) is 16.5. The zero-order chi connectivity index (χ0) is 19.4. The fraction of sp³-hybridized carbons (Fsp3) is 0.435. The van der Waals surface area contributed by atoms with Crippen molar-refractivity contribution in [3.63, 3.8) is 0 Å². The van der Waals surface area contributed by atoms with Crippen molar-refractivity contribution >= 4 is 21.8 Å². The van der Waals surface area contributed by atoms with Crippen molar-refractivity contribution in [2.75, 3.05) is 26.2 Å². The van der Waals surface area contributed by atoms with E-state index in [0.29, 0.717) is 0 Å². The van der Waals surface area contributed by atoms with E-state index in [1.54, 1.807) is 0 Å². The van der Waals surface area contributed by atoms with Gasteiger partial charge < -0.3 is 4.90 Å². The first-order valence-electron chi connectivity index (χ1n) is 9.69. The minimum absolute atomic E-state index is 0.132. The highest BCUT2D eigenvalue weighted by atomic mass is 79.9. The third kappa shape index (κ3) is 5.43. The van der Waals surface area contributed by atoms with Crippen LogP contribution in [0.5, 0.6) is 0 Å². The van der Waals surface area contributed by atoms with Gasteiger partial charge in [-0.05, 0) is 41.2 Å². The maximum Gasteiger partial charge on any atom is 0.253 e. The fourth-order valence-corrected chi connectivity index (χ4v) is 3.90. The molecule has 1 heterocycles. The van der Waals surface area contributed by atoms with E-state index in [1.807, 2.05) is 29.2 Å². The molecule has 0 aliphatic carbocycles. The highest BCUT2D eigenvalue weighted by Crippen LogP contribution is 2.23. The molecule has 0 atom stereocenters. The van der Waals surface area contributed by atoms with Crippen LogP contribution in [-0.4, -0.2) is 41.9 Å². The second-order valence-electron chi connectivity index (χ2n) is 8.38. The van der Waals surface area contributed by atoms with Crippen LogP contribution in [-0.2, 0) is 12.0 Å². The van der Waals surface area contributed by atoms with E-state index >= 15 is 0 Å². The van der Waals surface area contributed by atoms with Crippen molar-refractivity contribution in [2.24, 2.45) is 0 Å². The molecular weight excluding hydrogens is 400 g/mol. The standard InChI is InChI=1S/C23H29BrN2O/c1-23(2,3)20-10-8-18(9-11-20)17-25-12-5-13-26(15-14-25)22(27)19-6-4-7-21(24)16-19/h4,6-11,16H,5,12-15,17H2,1-3H3. The minimum Gasteiger partial charge on any atom is -0.337 e. The summed E-state index contributed by atoms with van der Waals surface area (Å²) in [5, 5.41) is 0. The lowest BCUT2D eigenvalue weighted by molar-refractivity contribution is 0.0761. The van der Waals surface area contributed by atoms with Crippen molar-refractivity contribution in [3.8, 4) is 0 Å². The number of benzene rings is 2. The van der Waals surface area contributed by atoms with Crippen LogP contribution >= 0.6 is 15.9 Å². The van der Waals surface area contributed by atoms with Crippen molar-refractivity contribution in [1.29, 1.82) is 0 Å². The first-order valence-corrected chi connectivity index (χ1v) is 10.5. The smallest absolute Gasteiger partial charge is 0.253 e. The first-order chi connectivity index (χ1) is 12.8. The Kier molecular flexibility index (Phi) is 6.38. The van der Waals surface area contributed by atoms with Crippen LogP contribution in [0.25, 0.3) is 0 Å². The van der Waals surface area contributed by atoms with Gasteiger partial charge in [0.1, 0.15) is 0 Å². The van der Waals surface area contributed by atoms with Crippen LogP contribution in [0.4, 0.5) is 0 Å². The molecular formula is C23H29BrN2O. The average molecular weight is 429 g/mol. The third-order valence-electron chi connectivity index (χ3n) is 5.17. The summed E-state index contributed by atoms with van der Waals surface area (Å²) in [4.78, 5) is 17.2. The van der Waals surface area contributed by atoms with Crippen LogP contribution in [0.2, 0.25) is 0 Å². The molecule has 1 fully saturated rings. The van der Waals surface area contributed by atoms with Gasteiger partial charge in [0.05, 0.1) is 0 Å². The number of hydrogen-bond donors (Lipinski definition) is 0. The number of halogens is 1. The Hall–Kier alpha value is -1.65. The van der Waals surface area contributed by atoms with E-state index in [1.165, 1.54) is 11.1 Å². The van der Waals surface area contributed by atoms with Gasteiger partial charge in [0.15, 0.2) is 0 Å². The lowest BCUT2D eigenvalue weighted by atomic mass is 9.87. The molecule has 1 aliphatic heterocycles. The van der Waals surface area contributed by atoms with E-state index in [-0.39, 0.29) is 11.3 Å². The maximum atomic E-state index is 12.8. The average Bonchev–Trinajstić information content (AvgIpc) is 2.86. The van der Waals surface area contributed by atoms with Crippen LogP contribution in [0.15, 0.2) is 53.0 Å².